The minimum Gasteiger partial charge on any atom is -0.386 e. The number of amidine groups is 1. The predicted octanol–water partition coefficient (Wildman–Crippen LogP) is 1.81. The zero-order valence-electron chi connectivity index (χ0n) is 10.6. The first-order chi connectivity index (χ1) is 8.57. The Labute approximate surface area is 117 Å². The normalized spacial score (nSPS) is 14.9. The van der Waals surface area contributed by atoms with Gasteiger partial charge in [-0.05, 0) is 18.6 Å². The highest BCUT2D eigenvalue weighted by molar-refractivity contribution is 6.22. The van der Waals surface area contributed by atoms with Crippen molar-refractivity contribution in [3.8, 4) is 0 Å². The third-order valence-electron chi connectivity index (χ3n) is 3.06. The van der Waals surface area contributed by atoms with Crippen molar-refractivity contribution in [2.24, 2.45) is 5.73 Å². The van der Waals surface area contributed by atoms with Crippen molar-refractivity contribution >= 4 is 30.1 Å². The summed E-state index contributed by atoms with van der Waals surface area (Å²) in [6.07, 6.45) is 1.26. The summed E-state index contributed by atoms with van der Waals surface area (Å²) in [6, 6.07) is 6.05. The van der Waals surface area contributed by atoms with Crippen LogP contribution in [-0.2, 0) is 0 Å². The van der Waals surface area contributed by atoms with Crippen molar-refractivity contribution in [1.82, 2.24) is 4.90 Å². The van der Waals surface area contributed by atoms with Crippen molar-refractivity contribution in [1.29, 1.82) is 5.41 Å². The van der Waals surface area contributed by atoms with Gasteiger partial charge in [-0.1, -0.05) is 25.5 Å². The minimum absolute atomic E-state index is 0. The molecular weight excluding hydrogens is 266 g/mol. The zero-order valence-corrected chi connectivity index (χ0v) is 11.4. The lowest BCUT2D eigenvalue weighted by atomic mass is 10.1. The molecule has 5 nitrogen and oxygen atoms in total. The van der Waals surface area contributed by atoms with Gasteiger partial charge in [-0.25, -0.2) is 0 Å². The van der Waals surface area contributed by atoms with Gasteiger partial charge in [0.05, 0.1) is 17.2 Å². The number of nitrogens with two attached hydrogens (primary N) is 1. The molecule has 1 heterocycles. The number of imide groups is 1. The van der Waals surface area contributed by atoms with Crippen LogP contribution in [0.3, 0.4) is 0 Å². The maximum absolute atomic E-state index is 12.2. The first-order valence-corrected chi connectivity index (χ1v) is 5.88. The number of hydrogen-bond acceptors (Lipinski definition) is 3. The monoisotopic (exact) mass is 281 g/mol. The van der Waals surface area contributed by atoms with E-state index < -0.39 is 6.04 Å². The van der Waals surface area contributed by atoms with E-state index >= 15 is 0 Å². The van der Waals surface area contributed by atoms with E-state index in [0.29, 0.717) is 17.5 Å². The summed E-state index contributed by atoms with van der Waals surface area (Å²) in [6.45, 7) is 1.92. The van der Waals surface area contributed by atoms with Crippen molar-refractivity contribution in [2.75, 3.05) is 0 Å². The fraction of sp³-hybridized carbons (Fsp3) is 0.308. The smallest absolute Gasteiger partial charge is 0.262 e. The molecule has 2 rings (SSSR count). The van der Waals surface area contributed by atoms with E-state index in [9.17, 15) is 9.59 Å². The van der Waals surface area contributed by atoms with Crippen molar-refractivity contribution in [3.05, 3.63) is 35.4 Å². The molecule has 0 saturated heterocycles. The molecule has 1 atom stereocenters. The molecule has 1 unspecified atom stereocenters. The summed E-state index contributed by atoms with van der Waals surface area (Å²) < 4.78 is 0. The Morgan fingerprint density at radius 3 is 2.11 bits per heavy atom. The Morgan fingerprint density at radius 1 is 1.26 bits per heavy atom. The lowest BCUT2D eigenvalue weighted by Crippen LogP contribution is -2.47. The van der Waals surface area contributed by atoms with Crippen LogP contribution in [0.1, 0.15) is 40.5 Å². The van der Waals surface area contributed by atoms with Gasteiger partial charge in [-0.3, -0.25) is 19.9 Å². The summed E-state index contributed by atoms with van der Waals surface area (Å²) in [7, 11) is 0. The first kappa shape index (κ1) is 15.2. The Kier molecular flexibility index (Phi) is 4.67. The number of hydrogen-bond donors (Lipinski definition) is 2. The van der Waals surface area contributed by atoms with Crippen LogP contribution < -0.4 is 5.73 Å². The van der Waals surface area contributed by atoms with E-state index in [-0.39, 0.29) is 30.1 Å². The Balaban J connectivity index is 0.00000180. The molecule has 3 N–H and O–H groups in total. The second-order valence-electron chi connectivity index (χ2n) is 4.29. The van der Waals surface area contributed by atoms with Gasteiger partial charge in [0.15, 0.2) is 0 Å². The fourth-order valence-electron chi connectivity index (χ4n) is 2.19. The highest BCUT2D eigenvalue weighted by atomic mass is 35.5. The second-order valence-corrected chi connectivity index (χ2v) is 4.29. The maximum atomic E-state index is 12.2. The molecule has 1 aromatic rings. The van der Waals surface area contributed by atoms with E-state index in [4.69, 9.17) is 11.1 Å². The Hall–Kier alpha value is -1.88. The van der Waals surface area contributed by atoms with Crippen molar-refractivity contribution < 1.29 is 9.59 Å². The summed E-state index contributed by atoms with van der Waals surface area (Å²) in [4.78, 5) is 25.5. The average Bonchev–Trinajstić information content (AvgIpc) is 2.60. The number of carbonyl (C=O) groups excluding carboxylic acids is 2. The predicted molar refractivity (Wildman–Crippen MR) is 74.8 cm³/mol. The van der Waals surface area contributed by atoms with E-state index in [1.807, 2.05) is 6.92 Å². The number of benzene rings is 1. The number of nitrogens with zero attached hydrogens (tertiary/aromatic N) is 1. The fourth-order valence-corrected chi connectivity index (χ4v) is 2.19. The largest absolute Gasteiger partial charge is 0.386 e. The van der Waals surface area contributed by atoms with Gasteiger partial charge in [0.25, 0.3) is 11.8 Å². The third kappa shape index (κ3) is 2.46. The number of fused-ring (bicyclic) bond motifs is 1. The molecule has 0 fully saturated rings. The zero-order chi connectivity index (χ0) is 13.3. The van der Waals surface area contributed by atoms with Gasteiger partial charge in [0.1, 0.15) is 5.84 Å². The SMILES string of the molecule is CCCC(C(=N)N)N1C(=O)c2ccccc2C1=O.Cl. The molecule has 2 amide bonds. The van der Waals surface area contributed by atoms with Gasteiger partial charge in [0, 0.05) is 0 Å². The number of carbonyl (C=O) groups is 2. The van der Waals surface area contributed by atoms with Gasteiger partial charge in [0.2, 0.25) is 0 Å². The lowest BCUT2D eigenvalue weighted by Gasteiger charge is -2.24. The average molecular weight is 282 g/mol. The highest BCUT2D eigenvalue weighted by Gasteiger charge is 2.40. The molecule has 0 aromatic heterocycles. The number of rotatable bonds is 4. The van der Waals surface area contributed by atoms with Gasteiger partial charge in [-0.2, -0.15) is 0 Å². The number of nitrogens with one attached hydrogen (secondary N) is 1. The summed E-state index contributed by atoms with van der Waals surface area (Å²) >= 11 is 0. The highest BCUT2D eigenvalue weighted by Crippen LogP contribution is 2.25. The molecule has 19 heavy (non-hydrogen) atoms. The topological polar surface area (TPSA) is 87.2 Å². The van der Waals surface area contributed by atoms with Crippen LogP contribution in [0.5, 0.6) is 0 Å². The second kappa shape index (κ2) is 5.84. The molecule has 0 spiro atoms. The van der Waals surface area contributed by atoms with Crippen LogP contribution in [0.15, 0.2) is 24.3 Å². The van der Waals surface area contributed by atoms with E-state index in [1.165, 1.54) is 0 Å². The molecule has 0 bridgehead atoms. The quantitative estimate of drug-likeness (QED) is 0.501. The van der Waals surface area contributed by atoms with E-state index in [2.05, 4.69) is 0 Å². The van der Waals surface area contributed by atoms with Crippen LogP contribution in [-0.4, -0.2) is 28.6 Å². The van der Waals surface area contributed by atoms with E-state index in [1.54, 1.807) is 24.3 Å². The summed E-state index contributed by atoms with van der Waals surface area (Å²) in [5, 5.41) is 7.54. The number of halogens is 1. The van der Waals surface area contributed by atoms with Gasteiger partial charge in [-0.15, -0.1) is 12.4 Å². The first-order valence-electron chi connectivity index (χ1n) is 5.88. The molecular formula is C13H16ClN3O2. The molecule has 6 heteroatoms. The van der Waals surface area contributed by atoms with Crippen molar-refractivity contribution in [3.63, 3.8) is 0 Å². The van der Waals surface area contributed by atoms with Gasteiger partial charge >= 0.3 is 0 Å². The minimum atomic E-state index is -0.637. The molecule has 1 aliphatic rings. The lowest BCUT2D eigenvalue weighted by molar-refractivity contribution is 0.0619. The van der Waals surface area contributed by atoms with Crippen LogP contribution in [0.25, 0.3) is 0 Å². The van der Waals surface area contributed by atoms with E-state index in [0.717, 1.165) is 11.3 Å². The van der Waals surface area contributed by atoms with Crippen LogP contribution in [0.2, 0.25) is 0 Å². The molecule has 1 aliphatic heterocycles. The van der Waals surface area contributed by atoms with Crippen LogP contribution in [0, 0.1) is 5.41 Å². The number of amides is 2. The van der Waals surface area contributed by atoms with Crippen molar-refractivity contribution in [2.45, 2.75) is 25.8 Å². The summed E-state index contributed by atoms with van der Waals surface area (Å²) in [5.74, 6) is -0.861. The molecule has 0 aliphatic carbocycles. The third-order valence-corrected chi connectivity index (χ3v) is 3.06. The van der Waals surface area contributed by atoms with Gasteiger partial charge < -0.3 is 5.73 Å². The van der Waals surface area contributed by atoms with Crippen LogP contribution >= 0.6 is 12.4 Å². The standard InChI is InChI=1S/C13H15N3O2.ClH/c1-2-5-10(11(14)15)16-12(17)8-6-3-4-7-9(8)13(16)18;/h3-4,6-7,10H,2,5H2,1H3,(H3,14,15);1H. The molecule has 0 radical (unpaired) electrons. The van der Waals surface area contributed by atoms with Crippen LogP contribution in [0.4, 0.5) is 0 Å². The summed E-state index contributed by atoms with van der Waals surface area (Å²) in [5.41, 5.74) is 6.29. The maximum Gasteiger partial charge on any atom is 0.262 e. The molecule has 0 saturated carbocycles. The Morgan fingerprint density at radius 2 is 1.74 bits per heavy atom. The molecule has 1 aromatic carbocycles. The Bertz CT molecular complexity index is 495. The molecule has 102 valence electrons.